The molecule has 4 heteroatoms. The molecule has 2 heterocycles. The number of fused-ring (bicyclic) bond motifs is 1. The SMILES string of the molecule is CN1CCN(CCN2CCc3cccc(N)c3C2)CC1. The molecular weight excluding hydrogens is 248 g/mol. The van der Waals surface area contributed by atoms with E-state index in [9.17, 15) is 0 Å². The predicted octanol–water partition coefficient (Wildman–Crippen LogP) is 0.874. The number of rotatable bonds is 3. The van der Waals surface area contributed by atoms with E-state index in [1.54, 1.807) is 0 Å². The summed E-state index contributed by atoms with van der Waals surface area (Å²) >= 11 is 0. The summed E-state index contributed by atoms with van der Waals surface area (Å²) in [6.07, 6.45) is 1.14. The van der Waals surface area contributed by atoms with Gasteiger partial charge in [0.25, 0.3) is 0 Å². The lowest BCUT2D eigenvalue weighted by molar-refractivity contribution is 0.131. The second kappa shape index (κ2) is 6.12. The molecule has 0 atom stereocenters. The zero-order chi connectivity index (χ0) is 13.9. The predicted molar refractivity (Wildman–Crippen MR) is 83.8 cm³/mol. The van der Waals surface area contributed by atoms with E-state index in [4.69, 9.17) is 5.73 Å². The Kier molecular flexibility index (Phi) is 4.24. The first kappa shape index (κ1) is 13.9. The fourth-order valence-electron chi connectivity index (χ4n) is 3.21. The largest absolute Gasteiger partial charge is 0.398 e. The van der Waals surface area contributed by atoms with Gasteiger partial charge in [-0.15, -0.1) is 0 Å². The number of hydrogen-bond acceptors (Lipinski definition) is 4. The molecule has 0 unspecified atom stereocenters. The number of nitrogen functional groups attached to an aromatic ring is 1. The van der Waals surface area contributed by atoms with Crippen molar-refractivity contribution in [3.05, 3.63) is 29.3 Å². The quantitative estimate of drug-likeness (QED) is 0.830. The van der Waals surface area contributed by atoms with E-state index in [0.717, 1.165) is 25.2 Å². The molecule has 2 N–H and O–H groups in total. The molecule has 0 aromatic heterocycles. The Morgan fingerprint density at radius 2 is 1.75 bits per heavy atom. The topological polar surface area (TPSA) is 35.7 Å². The highest BCUT2D eigenvalue weighted by atomic mass is 15.3. The minimum absolute atomic E-state index is 0.965. The molecule has 20 heavy (non-hydrogen) atoms. The van der Waals surface area contributed by atoms with Crippen LogP contribution in [0.15, 0.2) is 18.2 Å². The second-order valence-corrected chi connectivity index (χ2v) is 6.16. The Hall–Kier alpha value is -1.10. The Morgan fingerprint density at radius 3 is 2.55 bits per heavy atom. The molecule has 3 rings (SSSR count). The molecule has 110 valence electrons. The van der Waals surface area contributed by atoms with Crippen LogP contribution in [0.2, 0.25) is 0 Å². The van der Waals surface area contributed by atoms with Crippen molar-refractivity contribution >= 4 is 5.69 Å². The molecule has 1 aromatic rings. The van der Waals surface area contributed by atoms with E-state index in [2.05, 4.69) is 33.9 Å². The summed E-state index contributed by atoms with van der Waals surface area (Å²) in [6.45, 7) is 9.38. The van der Waals surface area contributed by atoms with Gasteiger partial charge in [0.15, 0.2) is 0 Å². The molecule has 2 aliphatic rings. The summed E-state index contributed by atoms with van der Waals surface area (Å²) in [5, 5.41) is 0. The summed E-state index contributed by atoms with van der Waals surface area (Å²) in [5.41, 5.74) is 9.88. The number of nitrogens with two attached hydrogens (primary N) is 1. The van der Waals surface area contributed by atoms with E-state index in [1.165, 1.54) is 50.4 Å². The van der Waals surface area contributed by atoms with Gasteiger partial charge in [-0.2, -0.15) is 0 Å². The molecule has 0 aliphatic carbocycles. The third-order valence-corrected chi connectivity index (χ3v) is 4.72. The molecule has 0 amide bonds. The van der Waals surface area contributed by atoms with E-state index in [0.29, 0.717) is 0 Å². The smallest absolute Gasteiger partial charge is 0.0362 e. The summed E-state index contributed by atoms with van der Waals surface area (Å²) in [5.74, 6) is 0. The van der Waals surface area contributed by atoms with E-state index < -0.39 is 0 Å². The molecule has 1 aromatic carbocycles. The van der Waals surface area contributed by atoms with Gasteiger partial charge in [-0.1, -0.05) is 12.1 Å². The molecule has 0 spiro atoms. The Balaban J connectivity index is 1.52. The van der Waals surface area contributed by atoms with Crippen molar-refractivity contribution in [1.82, 2.24) is 14.7 Å². The van der Waals surface area contributed by atoms with Gasteiger partial charge in [-0.3, -0.25) is 9.80 Å². The van der Waals surface area contributed by atoms with Gasteiger partial charge in [0, 0.05) is 58.0 Å². The normalized spacial score (nSPS) is 21.9. The van der Waals surface area contributed by atoms with Gasteiger partial charge in [0.1, 0.15) is 0 Å². The Bertz CT molecular complexity index is 452. The maximum absolute atomic E-state index is 6.12. The first-order valence-electron chi connectivity index (χ1n) is 7.72. The second-order valence-electron chi connectivity index (χ2n) is 6.16. The van der Waals surface area contributed by atoms with Crippen LogP contribution in [0, 0.1) is 0 Å². The maximum Gasteiger partial charge on any atom is 0.0362 e. The van der Waals surface area contributed by atoms with E-state index >= 15 is 0 Å². The Labute approximate surface area is 122 Å². The standard InChI is InChI=1S/C16H26N4/c1-18-7-9-19(10-8-18)11-12-20-6-5-14-3-2-4-16(17)15(14)13-20/h2-4H,5-13,17H2,1H3. The third kappa shape index (κ3) is 3.14. The molecule has 0 radical (unpaired) electrons. The van der Waals surface area contributed by atoms with E-state index in [-0.39, 0.29) is 0 Å². The van der Waals surface area contributed by atoms with Crippen molar-refractivity contribution in [3.8, 4) is 0 Å². The molecule has 0 bridgehead atoms. The van der Waals surface area contributed by atoms with Crippen LogP contribution in [-0.4, -0.2) is 67.6 Å². The number of hydrogen-bond donors (Lipinski definition) is 1. The van der Waals surface area contributed by atoms with Gasteiger partial charge in [-0.05, 0) is 30.7 Å². The van der Waals surface area contributed by atoms with Crippen LogP contribution in [0.3, 0.4) is 0 Å². The molecule has 4 nitrogen and oxygen atoms in total. The van der Waals surface area contributed by atoms with Crippen molar-refractivity contribution in [1.29, 1.82) is 0 Å². The van der Waals surface area contributed by atoms with Crippen LogP contribution in [0.25, 0.3) is 0 Å². The molecule has 1 saturated heterocycles. The first-order valence-corrected chi connectivity index (χ1v) is 7.72. The van der Waals surface area contributed by atoms with Crippen LogP contribution in [0.5, 0.6) is 0 Å². The fourth-order valence-corrected chi connectivity index (χ4v) is 3.21. The average Bonchev–Trinajstić information content (AvgIpc) is 2.47. The molecular formula is C16H26N4. The van der Waals surface area contributed by atoms with Crippen molar-refractivity contribution in [2.75, 3.05) is 58.6 Å². The van der Waals surface area contributed by atoms with Crippen LogP contribution < -0.4 is 5.73 Å². The monoisotopic (exact) mass is 274 g/mol. The highest BCUT2D eigenvalue weighted by Gasteiger charge is 2.19. The first-order chi connectivity index (χ1) is 9.72. The van der Waals surface area contributed by atoms with Crippen molar-refractivity contribution in [3.63, 3.8) is 0 Å². The van der Waals surface area contributed by atoms with Crippen molar-refractivity contribution < 1.29 is 0 Å². The number of benzene rings is 1. The molecule has 0 saturated carbocycles. The van der Waals surface area contributed by atoms with Gasteiger partial charge < -0.3 is 10.6 Å². The number of nitrogens with zero attached hydrogens (tertiary/aromatic N) is 3. The van der Waals surface area contributed by atoms with Crippen molar-refractivity contribution in [2.45, 2.75) is 13.0 Å². The zero-order valence-electron chi connectivity index (χ0n) is 12.5. The lowest BCUT2D eigenvalue weighted by atomic mass is 9.98. The van der Waals surface area contributed by atoms with E-state index in [1.807, 2.05) is 6.07 Å². The minimum Gasteiger partial charge on any atom is -0.398 e. The summed E-state index contributed by atoms with van der Waals surface area (Å²) in [6, 6.07) is 6.33. The van der Waals surface area contributed by atoms with Crippen LogP contribution in [0.1, 0.15) is 11.1 Å². The lowest BCUT2D eigenvalue weighted by Crippen LogP contribution is -2.47. The summed E-state index contributed by atoms with van der Waals surface area (Å²) in [4.78, 5) is 7.55. The third-order valence-electron chi connectivity index (χ3n) is 4.72. The molecule has 1 fully saturated rings. The number of likely N-dealkylation sites (N-methyl/N-ethyl adjacent to an activating group) is 1. The lowest BCUT2D eigenvalue weighted by Gasteiger charge is -2.35. The van der Waals surface area contributed by atoms with Gasteiger partial charge in [0.2, 0.25) is 0 Å². The van der Waals surface area contributed by atoms with Crippen molar-refractivity contribution in [2.24, 2.45) is 0 Å². The Morgan fingerprint density at radius 1 is 1.00 bits per heavy atom. The fraction of sp³-hybridized carbons (Fsp3) is 0.625. The molecule has 2 aliphatic heterocycles. The van der Waals surface area contributed by atoms with Crippen LogP contribution in [0.4, 0.5) is 5.69 Å². The summed E-state index contributed by atoms with van der Waals surface area (Å²) in [7, 11) is 2.21. The highest BCUT2D eigenvalue weighted by Crippen LogP contribution is 2.23. The summed E-state index contributed by atoms with van der Waals surface area (Å²) < 4.78 is 0. The average molecular weight is 274 g/mol. The van der Waals surface area contributed by atoms with Crippen LogP contribution >= 0.6 is 0 Å². The maximum atomic E-state index is 6.12. The number of anilines is 1. The van der Waals surface area contributed by atoms with Gasteiger partial charge in [0.05, 0.1) is 0 Å². The zero-order valence-corrected chi connectivity index (χ0v) is 12.5. The minimum atomic E-state index is 0.965. The highest BCUT2D eigenvalue weighted by molar-refractivity contribution is 5.51. The van der Waals surface area contributed by atoms with Gasteiger partial charge >= 0.3 is 0 Å². The number of piperazine rings is 1. The van der Waals surface area contributed by atoms with Crippen LogP contribution in [-0.2, 0) is 13.0 Å². The van der Waals surface area contributed by atoms with Gasteiger partial charge in [-0.25, -0.2) is 0 Å².